The molecule has 0 unspecified atom stereocenters. The van der Waals surface area contributed by atoms with Gasteiger partial charge in [-0.2, -0.15) is 0 Å². The van der Waals surface area contributed by atoms with Crippen molar-refractivity contribution in [3.8, 4) is 0 Å². The van der Waals surface area contributed by atoms with E-state index in [4.69, 9.17) is 4.74 Å². The number of hydrogen-bond acceptors (Lipinski definition) is 5. The van der Waals surface area contributed by atoms with Gasteiger partial charge in [0.15, 0.2) is 0 Å². The zero-order valence-electron chi connectivity index (χ0n) is 9.40. The monoisotopic (exact) mass is 236 g/mol. The number of aryl methyl sites for hydroxylation is 2. The number of nitrogens with zero attached hydrogens (tertiary/aromatic N) is 2. The Bertz CT molecular complexity index is 509. The fourth-order valence-corrected chi connectivity index (χ4v) is 2.24. The molecule has 5 heteroatoms. The molecular formula is C11H12N2O2S. The topological polar surface area (TPSA) is 52.1 Å². The van der Waals surface area contributed by atoms with Crippen molar-refractivity contribution < 1.29 is 9.53 Å². The van der Waals surface area contributed by atoms with Crippen molar-refractivity contribution in [2.24, 2.45) is 0 Å². The molecule has 0 atom stereocenters. The van der Waals surface area contributed by atoms with Crippen LogP contribution in [0.1, 0.15) is 28.0 Å². The minimum absolute atomic E-state index is 0.303. The molecule has 0 N–H and O–H groups in total. The second kappa shape index (κ2) is 4.17. The highest BCUT2D eigenvalue weighted by Gasteiger charge is 2.13. The third-order valence-electron chi connectivity index (χ3n) is 2.25. The summed E-state index contributed by atoms with van der Waals surface area (Å²) in [6.45, 7) is 5.98. The molecule has 0 fully saturated rings. The van der Waals surface area contributed by atoms with Crippen LogP contribution in [0.15, 0.2) is 6.07 Å². The van der Waals surface area contributed by atoms with Gasteiger partial charge in [-0.15, -0.1) is 11.3 Å². The van der Waals surface area contributed by atoms with Gasteiger partial charge in [-0.3, -0.25) is 0 Å². The zero-order chi connectivity index (χ0) is 11.7. The first-order valence-corrected chi connectivity index (χ1v) is 5.85. The Morgan fingerprint density at radius 1 is 1.38 bits per heavy atom. The number of carbonyl (C=O) groups excluding carboxylic acids is 1. The third-order valence-corrected chi connectivity index (χ3v) is 3.25. The number of esters is 1. The van der Waals surface area contributed by atoms with E-state index in [1.165, 1.54) is 11.3 Å². The number of ether oxygens (including phenoxy) is 1. The van der Waals surface area contributed by atoms with Crippen LogP contribution in [0.3, 0.4) is 0 Å². The fraction of sp³-hybridized carbons (Fsp3) is 0.364. The molecule has 84 valence electrons. The van der Waals surface area contributed by atoms with Crippen molar-refractivity contribution in [1.82, 2.24) is 9.97 Å². The summed E-state index contributed by atoms with van der Waals surface area (Å²) in [6.07, 6.45) is 0. The zero-order valence-corrected chi connectivity index (χ0v) is 10.2. The van der Waals surface area contributed by atoms with Crippen LogP contribution < -0.4 is 0 Å². The maximum absolute atomic E-state index is 11.5. The summed E-state index contributed by atoms with van der Waals surface area (Å²) in [4.78, 5) is 21.6. The SMILES string of the molecule is CCOC(=O)c1cc2nc(C)c(C)nc2s1. The van der Waals surface area contributed by atoms with Crippen molar-refractivity contribution in [2.75, 3.05) is 6.61 Å². The smallest absolute Gasteiger partial charge is 0.348 e. The summed E-state index contributed by atoms with van der Waals surface area (Å²) in [5.74, 6) is -0.303. The molecule has 2 rings (SSSR count). The van der Waals surface area contributed by atoms with E-state index in [-0.39, 0.29) is 5.97 Å². The largest absolute Gasteiger partial charge is 0.462 e. The lowest BCUT2D eigenvalue weighted by atomic mass is 10.3. The van der Waals surface area contributed by atoms with Crippen LogP contribution in [0, 0.1) is 13.8 Å². The highest BCUT2D eigenvalue weighted by Crippen LogP contribution is 2.24. The number of carbonyl (C=O) groups is 1. The molecule has 2 aromatic rings. The summed E-state index contributed by atoms with van der Waals surface area (Å²) < 4.78 is 4.93. The lowest BCUT2D eigenvalue weighted by Gasteiger charge is -1.95. The second-order valence-electron chi connectivity index (χ2n) is 3.42. The molecular weight excluding hydrogens is 224 g/mol. The van der Waals surface area contributed by atoms with Gasteiger partial charge in [-0.05, 0) is 26.8 Å². The Balaban J connectivity index is 2.48. The molecule has 0 aliphatic heterocycles. The minimum atomic E-state index is -0.303. The fourth-order valence-electron chi connectivity index (χ4n) is 1.33. The molecule has 0 aliphatic rings. The predicted octanol–water partition coefficient (Wildman–Crippen LogP) is 2.48. The number of hydrogen-bond donors (Lipinski definition) is 0. The van der Waals surface area contributed by atoms with Crippen molar-refractivity contribution in [2.45, 2.75) is 20.8 Å². The number of aromatic nitrogens is 2. The van der Waals surface area contributed by atoms with Gasteiger partial charge in [-0.25, -0.2) is 14.8 Å². The van der Waals surface area contributed by atoms with E-state index in [1.54, 1.807) is 13.0 Å². The highest BCUT2D eigenvalue weighted by molar-refractivity contribution is 7.20. The molecule has 16 heavy (non-hydrogen) atoms. The van der Waals surface area contributed by atoms with Gasteiger partial charge in [0, 0.05) is 0 Å². The van der Waals surface area contributed by atoms with Crippen molar-refractivity contribution >= 4 is 27.7 Å². The molecule has 4 nitrogen and oxygen atoms in total. The molecule has 0 radical (unpaired) electrons. The molecule has 0 bridgehead atoms. The Labute approximate surface area is 97.3 Å². The predicted molar refractivity (Wildman–Crippen MR) is 62.8 cm³/mol. The van der Waals surface area contributed by atoms with Crippen LogP contribution in [0.4, 0.5) is 0 Å². The summed E-state index contributed by atoms with van der Waals surface area (Å²) in [6, 6.07) is 1.73. The van der Waals surface area contributed by atoms with E-state index in [0.717, 1.165) is 21.7 Å². The van der Waals surface area contributed by atoms with E-state index in [2.05, 4.69) is 9.97 Å². The molecule has 0 saturated heterocycles. The van der Waals surface area contributed by atoms with Crippen molar-refractivity contribution in [3.05, 3.63) is 22.3 Å². The second-order valence-corrected chi connectivity index (χ2v) is 4.45. The highest BCUT2D eigenvalue weighted by atomic mass is 32.1. The first-order chi connectivity index (χ1) is 7.61. The molecule has 2 aromatic heterocycles. The van der Waals surface area contributed by atoms with Gasteiger partial charge in [0.2, 0.25) is 0 Å². The van der Waals surface area contributed by atoms with Crippen LogP contribution in [0.2, 0.25) is 0 Å². The Morgan fingerprint density at radius 3 is 2.75 bits per heavy atom. The van der Waals surface area contributed by atoms with Crippen molar-refractivity contribution in [1.29, 1.82) is 0 Å². The van der Waals surface area contributed by atoms with Gasteiger partial charge in [0.05, 0.1) is 18.0 Å². The molecule has 0 amide bonds. The van der Waals surface area contributed by atoms with E-state index >= 15 is 0 Å². The summed E-state index contributed by atoms with van der Waals surface area (Å²) in [5, 5.41) is 0. The van der Waals surface area contributed by atoms with Gasteiger partial charge in [0.25, 0.3) is 0 Å². The maximum Gasteiger partial charge on any atom is 0.348 e. The first-order valence-electron chi connectivity index (χ1n) is 5.03. The molecule has 0 saturated carbocycles. The van der Waals surface area contributed by atoms with Gasteiger partial charge in [0.1, 0.15) is 15.2 Å². The quantitative estimate of drug-likeness (QED) is 0.752. The maximum atomic E-state index is 11.5. The van der Waals surface area contributed by atoms with Crippen LogP contribution in [0.5, 0.6) is 0 Å². The Morgan fingerprint density at radius 2 is 2.06 bits per heavy atom. The average Bonchev–Trinajstić information content (AvgIpc) is 2.62. The molecule has 0 spiro atoms. The van der Waals surface area contributed by atoms with E-state index in [9.17, 15) is 4.79 Å². The van der Waals surface area contributed by atoms with E-state index in [1.807, 2.05) is 13.8 Å². The number of fused-ring (bicyclic) bond motifs is 1. The number of rotatable bonds is 2. The van der Waals surface area contributed by atoms with Crippen LogP contribution in [-0.4, -0.2) is 22.5 Å². The Kier molecular flexibility index (Phi) is 2.87. The minimum Gasteiger partial charge on any atom is -0.462 e. The average molecular weight is 236 g/mol. The van der Waals surface area contributed by atoms with Crippen LogP contribution >= 0.6 is 11.3 Å². The van der Waals surface area contributed by atoms with Crippen LogP contribution in [0.25, 0.3) is 10.3 Å². The van der Waals surface area contributed by atoms with E-state index < -0.39 is 0 Å². The molecule has 2 heterocycles. The van der Waals surface area contributed by atoms with Gasteiger partial charge in [-0.1, -0.05) is 0 Å². The van der Waals surface area contributed by atoms with Crippen molar-refractivity contribution in [3.63, 3.8) is 0 Å². The van der Waals surface area contributed by atoms with Gasteiger partial charge < -0.3 is 4.74 Å². The summed E-state index contributed by atoms with van der Waals surface area (Å²) >= 11 is 1.32. The first kappa shape index (κ1) is 11.0. The number of thiophene rings is 1. The summed E-state index contributed by atoms with van der Waals surface area (Å²) in [5.41, 5.74) is 2.54. The third kappa shape index (κ3) is 1.90. The normalized spacial score (nSPS) is 10.7. The Hall–Kier alpha value is -1.49. The standard InChI is InChI=1S/C11H12N2O2S/c1-4-15-11(14)9-5-8-10(16-9)13-7(3)6(2)12-8/h5H,4H2,1-3H3. The molecule has 0 aromatic carbocycles. The lowest BCUT2D eigenvalue weighted by molar-refractivity contribution is 0.0532. The van der Waals surface area contributed by atoms with E-state index in [0.29, 0.717) is 11.5 Å². The van der Waals surface area contributed by atoms with Gasteiger partial charge >= 0.3 is 5.97 Å². The molecule has 0 aliphatic carbocycles. The summed E-state index contributed by atoms with van der Waals surface area (Å²) in [7, 11) is 0. The lowest BCUT2D eigenvalue weighted by Crippen LogP contribution is -2.01. The van der Waals surface area contributed by atoms with Crippen LogP contribution in [-0.2, 0) is 4.74 Å².